The van der Waals surface area contributed by atoms with E-state index in [1.54, 1.807) is 31.8 Å². The van der Waals surface area contributed by atoms with Crippen LogP contribution in [0.15, 0.2) is 30.7 Å². The van der Waals surface area contributed by atoms with E-state index in [0.29, 0.717) is 21.7 Å². The number of fused-ring (bicyclic) bond motifs is 1. The number of thiazole rings is 1. The molecule has 2 N–H and O–H groups in total. The minimum Gasteiger partial charge on any atom is -0.380 e. The normalized spacial score (nSPS) is 12.7. The second-order valence-electron chi connectivity index (χ2n) is 7.54. The molecule has 3 heterocycles. The predicted molar refractivity (Wildman–Crippen MR) is 123 cm³/mol. The van der Waals surface area contributed by atoms with E-state index in [9.17, 15) is 18.0 Å². The van der Waals surface area contributed by atoms with Gasteiger partial charge in [-0.3, -0.25) is 9.48 Å². The maximum Gasteiger partial charge on any atom is 0.417 e. The summed E-state index contributed by atoms with van der Waals surface area (Å²) < 4.78 is 40.7. The van der Waals surface area contributed by atoms with Gasteiger partial charge in [0.2, 0.25) is 0 Å². The fourth-order valence-corrected chi connectivity index (χ4v) is 4.51. The molecule has 0 fully saturated rings. The Kier molecular flexibility index (Phi) is 6.45. The highest BCUT2D eigenvalue weighted by Gasteiger charge is 2.33. The first-order valence-corrected chi connectivity index (χ1v) is 11.2. The Balaban J connectivity index is 1.43. The van der Waals surface area contributed by atoms with Crippen molar-refractivity contribution in [2.75, 3.05) is 5.32 Å². The summed E-state index contributed by atoms with van der Waals surface area (Å²) in [5.74, 6) is -0.383. The van der Waals surface area contributed by atoms with Crippen molar-refractivity contribution in [1.82, 2.24) is 30.0 Å². The van der Waals surface area contributed by atoms with Gasteiger partial charge in [-0.15, -0.1) is 11.3 Å². The van der Waals surface area contributed by atoms with Crippen LogP contribution in [0.25, 0.3) is 11.0 Å². The Morgan fingerprint density at radius 3 is 2.76 bits per heavy atom. The molecule has 1 atom stereocenters. The lowest BCUT2D eigenvalue weighted by molar-refractivity contribution is -0.137. The number of alkyl halides is 3. The van der Waals surface area contributed by atoms with Crippen LogP contribution in [0.2, 0.25) is 5.02 Å². The molecular weight excluding hydrogens is 491 g/mol. The number of nitrogens with one attached hydrogen (secondary N) is 2. The van der Waals surface area contributed by atoms with Crippen molar-refractivity contribution in [3.05, 3.63) is 62.6 Å². The van der Waals surface area contributed by atoms with E-state index in [-0.39, 0.29) is 28.9 Å². The molecule has 0 saturated carbocycles. The van der Waals surface area contributed by atoms with Gasteiger partial charge in [-0.25, -0.2) is 15.0 Å². The molecule has 0 radical (unpaired) electrons. The Morgan fingerprint density at radius 2 is 2.03 bits per heavy atom. The van der Waals surface area contributed by atoms with Crippen LogP contribution in [-0.2, 0) is 19.8 Å². The lowest BCUT2D eigenvalue weighted by Crippen LogP contribution is -2.27. The highest BCUT2D eigenvalue weighted by atomic mass is 35.5. The number of benzene rings is 1. The minimum atomic E-state index is -4.54. The number of rotatable bonds is 6. The summed E-state index contributed by atoms with van der Waals surface area (Å²) in [6, 6.07) is 3.23. The van der Waals surface area contributed by atoms with E-state index in [0.717, 1.165) is 10.9 Å². The molecule has 0 aliphatic heterocycles. The van der Waals surface area contributed by atoms with Crippen molar-refractivity contribution in [2.45, 2.75) is 32.6 Å². The van der Waals surface area contributed by atoms with E-state index in [2.05, 4.69) is 30.7 Å². The Hall–Kier alpha value is -3.25. The molecule has 0 aliphatic carbocycles. The maximum absolute atomic E-state index is 13.1. The summed E-state index contributed by atoms with van der Waals surface area (Å²) in [6.45, 7) is 3.83. The molecule has 0 unspecified atom stereocenters. The Labute approximate surface area is 201 Å². The zero-order valence-corrected chi connectivity index (χ0v) is 19.8. The molecule has 13 heteroatoms. The molecule has 0 spiro atoms. The fraction of sp³-hybridized carbons (Fsp3) is 0.286. The molecule has 0 bridgehead atoms. The van der Waals surface area contributed by atoms with Gasteiger partial charge in [0.1, 0.15) is 17.0 Å². The molecule has 0 aliphatic rings. The van der Waals surface area contributed by atoms with Crippen molar-refractivity contribution in [3.63, 3.8) is 0 Å². The van der Waals surface area contributed by atoms with Crippen molar-refractivity contribution in [3.8, 4) is 0 Å². The molecule has 3 aromatic heterocycles. The molecule has 1 amide bonds. The number of carbonyl (C=O) groups is 1. The number of halogens is 4. The third-order valence-electron chi connectivity index (χ3n) is 5.04. The van der Waals surface area contributed by atoms with E-state index in [1.165, 1.54) is 29.8 Å². The van der Waals surface area contributed by atoms with Gasteiger partial charge in [-0.2, -0.15) is 18.3 Å². The second kappa shape index (κ2) is 9.18. The molecule has 34 heavy (non-hydrogen) atoms. The third kappa shape index (κ3) is 4.82. The van der Waals surface area contributed by atoms with Gasteiger partial charge in [-0.05, 0) is 32.0 Å². The maximum atomic E-state index is 13.1. The smallest absolute Gasteiger partial charge is 0.380 e. The molecular formula is C21H19ClF3N7OS. The SMILES string of the molecule is Cc1nn(C)c2ncnc(C(=O)N[C@@H](C)c3ncc(CNc4ccc(Cl)c(C(F)(F)F)c4)s3)c12. The van der Waals surface area contributed by atoms with E-state index < -0.39 is 17.8 Å². The Morgan fingerprint density at radius 1 is 1.26 bits per heavy atom. The molecule has 178 valence electrons. The van der Waals surface area contributed by atoms with E-state index in [4.69, 9.17) is 11.6 Å². The zero-order valence-electron chi connectivity index (χ0n) is 18.2. The molecule has 1 aromatic carbocycles. The zero-order chi connectivity index (χ0) is 24.6. The molecule has 4 rings (SSSR count). The fourth-order valence-electron chi connectivity index (χ4n) is 3.42. The highest BCUT2D eigenvalue weighted by molar-refractivity contribution is 7.11. The number of amides is 1. The van der Waals surface area contributed by atoms with E-state index in [1.807, 2.05) is 0 Å². The number of aryl methyl sites for hydroxylation is 2. The summed E-state index contributed by atoms with van der Waals surface area (Å²) >= 11 is 7.00. The van der Waals surface area contributed by atoms with Gasteiger partial charge >= 0.3 is 6.18 Å². The molecule has 0 saturated heterocycles. The largest absolute Gasteiger partial charge is 0.417 e. The van der Waals surface area contributed by atoms with Gasteiger partial charge in [0.25, 0.3) is 5.91 Å². The number of hydrogen-bond donors (Lipinski definition) is 2. The summed E-state index contributed by atoms with van der Waals surface area (Å²) in [4.78, 5) is 26.3. The van der Waals surface area contributed by atoms with Crippen LogP contribution in [0.4, 0.5) is 18.9 Å². The van der Waals surface area contributed by atoms with E-state index >= 15 is 0 Å². The summed E-state index contributed by atoms with van der Waals surface area (Å²) in [6.07, 6.45) is -1.61. The predicted octanol–water partition coefficient (Wildman–Crippen LogP) is 4.90. The highest BCUT2D eigenvalue weighted by Crippen LogP contribution is 2.36. The number of aromatic nitrogens is 5. The average molecular weight is 510 g/mol. The quantitative estimate of drug-likeness (QED) is 0.383. The van der Waals surface area contributed by atoms with Gasteiger partial charge in [0.05, 0.1) is 34.3 Å². The van der Waals surface area contributed by atoms with Crippen molar-refractivity contribution in [1.29, 1.82) is 0 Å². The lowest BCUT2D eigenvalue weighted by Gasteiger charge is -2.12. The summed E-state index contributed by atoms with van der Waals surface area (Å²) in [5, 5.41) is 11.0. The Bertz CT molecular complexity index is 1370. The van der Waals surface area contributed by atoms with Gasteiger partial charge < -0.3 is 10.6 Å². The van der Waals surface area contributed by atoms with Crippen LogP contribution in [0, 0.1) is 6.92 Å². The topological polar surface area (TPSA) is 97.6 Å². The number of anilines is 1. The monoisotopic (exact) mass is 509 g/mol. The average Bonchev–Trinajstić information content (AvgIpc) is 3.37. The second-order valence-corrected chi connectivity index (χ2v) is 9.09. The third-order valence-corrected chi connectivity index (χ3v) is 6.55. The lowest BCUT2D eigenvalue weighted by atomic mass is 10.2. The van der Waals surface area contributed by atoms with Crippen LogP contribution in [0.3, 0.4) is 0 Å². The number of hydrogen-bond acceptors (Lipinski definition) is 7. The first-order chi connectivity index (χ1) is 16.0. The van der Waals surface area contributed by atoms with Gasteiger partial charge in [0.15, 0.2) is 5.65 Å². The standard InChI is InChI=1S/C21H19ClF3N7OS/c1-10-16-17(28-9-29-18(16)32(3)31-10)19(33)30-11(2)20-27-8-13(34-20)7-26-12-4-5-15(22)14(6-12)21(23,24)25/h4-6,8-9,11,26H,7H2,1-3H3,(H,30,33)/t11-/m0/s1. The number of nitrogens with zero attached hydrogens (tertiary/aromatic N) is 5. The van der Waals surface area contributed by atoms with Crippen LogP contribution in [0.5, 0.6) is 0 Å². The molecule has 8 nitrogen and oxygen atoms in total. The van der Waals surface area contributed by atoms with Crippen LogP contribution >= 0.6 is 22.9 Å². The van der Waals surface area contributed by atoms with Gasteiger partial charge in [0, 0.05) is 23.8 Å². The van der Waals surface area contributed by atoms with Crippen molar-refractivity contribution >= 4 is 45.6 Å². The van der Waals surface area contributed by atoms with Gasteiger partial charge in [-0.1, -0.05) is 11.6 Å². The van der Waals surface area contributed by atoms with Crippen molar-refractivity contribution in [2.24, 2.45) is 7.05 Å². The minimum absolute atomic E-state index is 0.226. The van der Waals surface area contributed by atoms with Crippen LogP contribution in [-0.4, -0.2) is 30.6 Å². The van der Waals surface area contributed by atoms with Crippen LogP contribution in [0.1, 0.15) is 44.6 Å². The molecule has 4 aromatic rings. The van der Waals surface area contributed by atoms with Crippen molar-refractivity contribution < 1.29 is 18.0 Å². The first-order valence-electron chi connectivity index (χ1n) is 10.0. The first kappa shape index (κ1) is 23.9. The summed E-state index contributed by atoms with van der Waals surface area (Å²) in [5.41, 5.74) is 0.818. The summed E-state index contributed by atoms with van der Waals surface area (Å²) in [7, 11) is 1.74. The number of carbonyl (C=O) groups excluding carboxylic acids is 1. The van der Waals surface area contributed by atoms with Crippen LogP contribution < -0.4 is 10.6 Å².